The Balaban J connectivity index is 4.64. The number of carboxylic acid groups (broad SMARTS) is 1. The van der Waals surface area contributed by atoms with E-state index in [9.17, 15) is 9.59 Å². The molecule has 0 aromatic rings. The number of hydrogen-bond acceptors (Lipinski definition) is 3. The van der Waals surface area contributed by atoms with E-state index in [1.165, 1.54) is 4.90 Å². The third-order valence-corrected chi connectivity index (χ3v) is 2.84. The largest absolute Gasteiger partial charge is 0.481 e. The van der Waals surface area contributed by atoms with Crippen LogP contribution in [0.3, 0.4) is 0 Å². The Hall–Kier alpha value is -1.77. The Bertz CT molecular complexity index is 368. The number of rotatable bonds is 5. The van der Waals surface area contributed by atoms with E-state index in [0.29, 0.717) is 6.54 Å². The van der Waals surface area contributed by atoms with Gasteiger partial charge < -0.3 is 15.3 Å². The Labute approximate surface area is 114 Å². The average molecular weight is 269 g/mol. The molecule has 2 atom stereocenters. The second kappa shape index (κ2) is 6.98. The molecule has 0 aliphatic rings. The monoisotopic (exact) mass is 269 g/mol. The number of aliphatic carboxylic acids is 1. The number of nitriles is 1. The van der Waals surface area contributed by atoms with Crippen LogP contribution in [0.2, 0.25) is 0 Å². The van der Waals surface area contributed by atoms with Crippen molar-refractivity contribution in [3.8, 4) is 6.07 Å². The number of carbonyl (C=O) groups excluding carboxylic acids is 1. The van der Waals surface area contributed by atoms with Gasteiger partial charge in [0.05, 0.1) is 18.4 Å². The second-order valence-electron chi connectivity index (χ2n) is 5.88. The maximum atomic E-state index is 11.9. The van der Waals surface area contributed by atoms with E-state index in [1.54, 1.807) is 14.0 Å². The smallest absolute Gasteiger partial charge is 0.317 e. The molecule has 108 valence electrons. The van der Waals surface area contributed by atoms with Crippen molar-refractivity contribution in [3.63, 3.8) is 0 Å². The molecule has 0 spiro atoms. The standard InChI is InChI=1S/C13H23N3O3/c1-9(7-14)8-16(5)12(19)15-10(6-11(17)18)13(2,3)4/h9-10H,6,8H2,1-5H3,(H,15,19)(H,17,18). The summed E-state index contributed by atoms with van der Waals surface area (Å²) in [6.45, 7) is 7.66. The summed E-state index contributed by atoms with van der Waals surface area (Å²) in [6, 6.07) is 1.23. The maximum Gasteiger partial charge on any atom is 0.317 e. The molecule has 0 fully saturated rings. The van der Waals surface area contributed by atoms with Crippen molar-refractivity contribution in [3.05, 3.63) is 0 Å². The Morgan fingerprint density at radius 3 is 2.32 bits per heavy atom. The first-order chi connectivity index (χ1) is 8.57. The molecule has 0 radical (unpaired) electrons. The number of nitrogens with one attached hydrogen (secondary N) is 1. The minimum Gasteiger partial charge on any atom is -0.481 e. The maximum absolute atomic E-state index is 11.9. The van der Waals surface area contributed by atoms with E-state index in [-0.39, 0.29) is 23.8 Å². The fourth-order valence-corrected chi connectivity index (χ4v) is 1.54. The van der Waals surface area contributed by atoms with Crippen LogP contribution in [0, 0.1) is 22.7 Å². The van der Waals surface area contributed by atoms with E-state index >= 15 is 0 Å². The van der Waals surface area contributed by atoms with Crippen molar-refractivity contribution in [1.82, 2.24) is 10.2 Å². The lowest BCUT2D eigenvalue weighted by Crippen LogP contribution is -2.50. The van der Waals surface area contributed by atoms with Crippen LogP contribution < -0.4 is 5.32 Å². The number of carboxylic acids is 1. The summed E-state index contributed by atoms with van der Waals surface area (Å²) in [4.78, 5) is 24.2. The van der Waals surface area contributed by atoms with E-state index < -0.39 is 12.0 Å². The van der Waals surface area contributed by atoms with Gasteiger partial charge in [0.15, 0.2) is 0 Å². The molecule has 0 aliphatic heterocycles. The highest BCUT2D eigenvalue weighted by atomic mass is 16.4. The summed E-state index contributed by atoms with van der Waals surface area (Å²) >= 11 is 0. The van der Waals surface area contributed by atoms with Crippen LogP contribution in [-0.2, 0) is 4.79 Å². The molecule has 0 saturated heterocycles. The zero-order valence-corrected chi connectivity index (χ0v) is 12.2. The third-order valence-electron chi connectivity index (χ3n) is 2.84. The molecule has 2 unspecified atom stereocenters. The first-order valence-corrected chi connectivity index (χ1v) is 6.21. The second-order valence-corrected chi connectivity index (χ2v) is 5.88. The molecule has 2 amide bonds. The molecule has 0 aromatic heterocycles. The Morgan fingerprint density at radius 1 is 1.42 bits per heavy atom. The van der Waals surface area contributed by atoms with Crippen molar-refractivity contribution in [2.75, 3.05) is 13.6 Å². The summed E-state index contributed by atoms with van der Waals surface area (Å²) < 4.78 is 0. The highest BCUT2D eigenvalue weighted by molar-refractivity contribution is 5.75. The fourth-order valence-electron chi connectivity index (χ4n) is 1.54. The van der Waals surface area contributed by atoms with Crippen molar-refractivity contribution >= 4 is 12.0 Å². The topological polar surface area (TPSA) is 93.4 Å². The molecule has 0 aromatic carbocycles. The van der Waals surface area contributed by atoms with Gasteiger partial charge in [-0.15, -0.1) is 0 Å². The van der Waals surface area contributed by atoms with Crippen LogP contribution in [-0.4, -0.2) is 41.6 Å². The molecular formula is C13H23N3O3. The Morgan fingerprint density at radius 2 is 1.95 bits per heavy atom. The lowest BCUT2D eigenvalue weighted by atomic mass is 9.85. The Kier molecular flexibility index (Phi) is 6.33. The van der Waals surface area contributed by atoms with Gasteiger partial charge in [0, 0.05) is 19.6 Å². The van der Waals surface area contributed by atoms with E-state index in [1.807, 2.05) is 20.8 Å². The fraction of sp³-hybridized carbons (Fsp3) is 0.769. The number of carbonyl (C=O) groups is 2. The van der Waals surface area contributed by atoms with Crippen molar-refractivity contribution in [2.45, 2.75) is 40.2 Å². The zero-order chi connectivity index (χ0) is 15.2. The quantitative estimate of drug-likeness (QED) is 0.794. The van der Waals surface area contributed by atoms with Gasteiger partial charge in [-0.3, -0.25) is 4.79 Å². The van der Waals surface area contributed by atoms with Gasteiger partial charge >= 0.3 is 12.0 Å². The van der Waals surface area contributed by atoms with Crippen LogP contribution >= 0.6 is 0 Å². The normalized spacial score (nSPS) is 14.1. The van der Waals surface area contributed by atoms with Crippen molar-refractivity contribution in [2.24, 2.45) is 11.3 Å². The highest BCUT2D eigenvalue weighted by Crippen LogP contribution is 2.22. The predicted molar refractivity (Wildman–Crippen MR) is 71.4 cm³/mol. The lowest BCUT2D eigenvalue weighted by molar-refractivity contribution is -0.138. The first kappa shape index (κ1) is 17.2. The van der Waals surface area contributed by atoms with Crippen molar-refractivity contribution in [1.29, 1.82) is 5.26 Å². The number of amides is 2. The van der Waals surface area contributed by atoms with Gasteiger partial charge in [0.25, 0.3) is 0 Å². The summed E-state index contributed by atoms with van der Waals surface area (Å²) in [7, 11) is 1.59. The minimum absolute atomic E-state index is 0.128. The molecule has 0 rings (SSSR count). The molecular weight excluding hydrogens is 246 g/mol. The SMILES string of the molecule is CC(C#N)CN(C)C(=O)NC(CC(=O)O)C(C)(C)C. The van der Waals surface area contributed by atoms with E-state index in [0.717, 1.165) is 0 Å². The number of urea groups is 1. The molecule has 0 heterocycles. The van der Waals surface area contributed by atoms with Gasteiger partial charge in [-0.25, -0.2) is 4.79 Å². The zero-order valence-electron chi connectivity index (χ0n) is 12.2. The number of hydrogen-bond donors (Lipinski definition) is 2. The molecule has 2 N–H and O–H groups in total. The number of nitrogens with zero attached hydrogens (tertiary/aromatic N) is 2. The summed E-state index contributed by atoms with van der Waals surface area (Å²) in [5.41, 5.74) is -0.351. The summed E-state index contributed by atoms with van der Waals surface area (Å²) in [5, 5.41) is 20.3. The predicted octanol–water partition coefficient (Wildman–Crippen LogP) is 1.68. The highest BCUT2D eigenvalue weighted by Gasteiger charge is 2.29. The van der Waals surface area contributed by atoms with Gasteiger partial charge in [0.2, 0.25) is 0 Å². The van der Waals surface area contributed by atoms with E-state index in [2.05, 4.69) is 11.4 Å². The van der Waals surface area contributed by atoms with Crippen LogP contribution in [0.1, 0.15) is 34.1 Å². The van der Waals surface area contributed by atoms with E-state index in [4.69, 9.17) is 10.4 Å². The molecule has 0 bridgehead atoms. The lowest BCUT2D eigenvalue weighted by Gasteiger charge is -2.32. The van der Waals surface area contributed by atoms with Crippen LogP contribution in [0.15, 0.2) is 0 Å². The minimum atomic E-state index is -0.951. The summed E-state index contributed by atoms with van der Waals surface area (Å²) in [5.74, 6) is -1.21. The van der Waals surface area contributed by atoms with Crippen LogP contribution in [0.4, 0.5) is 4.79 Å². The van der Waals surface area contributed by atoms with Gasteiger partial charge in [-0.2, -0.15) is 5.26 Å². The first-order valence-electron chi connectivity index (χ1n) is 6.21. The van der Waals surface area contributed by atoms with Crippen LogP contribution in [0.25, 0.3) is 0 Å². The van der Waals surface area contributed by atoms with Crippen LogP contribution in [0.5, 0.6) is 0 Å². The van der Waals surface area contributed by atoms with Gasteiger partial charge in [-0.05, 0) is 12.3 Å². The molecule has 6 nitrogen and oxygen atoms in total. The molecule has 0 saturated carbocycles. The van der Waals surface area contributed by atoms with Gasteiger partial charge in [0.1, 0.15) is 0 Å². The average Bonchev–Trinajstić information content (AvgIpc) is 2.25. The summed E-state index contributed by atoms with van der Waals surface area (Å²) in [6.07, 6.45) is -0.128. The van der Waals surface area contributed by atoms with Gasteiger partial charge in [-0.1, -0.05) is 20.8 Å². The molecule has 6 heteroatoms. The molecule has 19 heavy (non-hydrogen) atoms. The van der Waals surface area contributed by atoms with Crippen molar-refractivity contribution < 1.29 is 14.7 Å². The molecule has 0 aliphatic carbocycles. The third kappa shape index (κ3) is 6.65.